The third kappa shape index (κ3) is 2.53. The van der Waals surface area contributed by atoms with E-state index >= 15 is 0 Å². The monoisotopic (exact) mass is 305 g/mol. The first kappa shape index (κ1) is 14.9. The van der Waals surface area contributed by atoms with Gasteiger partial charge in [-0.05, 0) is 31.4 Å². The van der Waals surface area contributed by atoms with Gasteiger partial charge in [-0.25, -0.2) is 17.2 Å². The number of piperidine rings is 1. The molecule has 0 amide bonds. The Kier molecular flexibility index (Phi) is 4.05. The molecule has 0 radical (unpaired) electrons. The highest BCUT2D eigenvalue weighted by atomic mass is 32.2. The van der Waals surface area contributed by atoms with Crippen LogP contribution in [-0.4, -0.2) is 36.4 Å². The maximum Gasteiger partial charge on any atom is 0.322 e. The number of nitrogens with zero attached hydrogens (tertiary/aromatic N) is 1. The summed E-state index contributed by atoms with van der Waals surface area (Å²) in [4.78, 5) is 10.0. The van der Waals surface area contributed by atoms with Gasteiger partial charge in [0.15, 0.2) is 4.90 Å². The Bertz CT molecular complexity index is 612. The molecule has 0 bridgehead atoms. The van der Waals surface area contributed by atoms with Gasteiger partial charge in [0.05, 0.1) is 0 Å². The zero-order valence-electron chi connectivity index (χ0n) is 10.4. The van der Waals surface area contributed by atoms with Crippen LogP contribution in [0.4, 0.5) is 8.78 Å². The third-order valence-corrected chi connectivity index (χ3v) is 5.18. The van der Waals surface area contributed by atoms with E-state index in [2.05, 4.69) is 0 Å². The highest BCUT2D eigenvalue weighted by Crippen LogP contribution is 2.28. The fourth-order valence-corrected chi connectivity index (χ4v) is 4.05. The summed E-state index contributed by atoms with van der Waals surface area (Å²) in [7, 11) is -4.52. The van der Waals surface area contributed by atoms with Gasteiger partial charge >= 0.3 is 5.97 Å². The zero-order valence-corrected chi connectivity index (χ0v) is 11.2. The summed E-state index contributed by atoms with van der Waals surface area (Å²) in [6.07, 6.45) is 1.15. The van der Waals surface area contributed by atoms with E-state index in [1.165, 1.54) is 0 Å². The number of carbonyl (C=O) groups is 1. The minimum Gasteiger partial charge on any atom is -0.480 e. The van der Waals surface area contributed by atoms with Gasteiger partial charge < -0.3 is 5.11 Å². The first-order valence-electron chi connectivity index (χ1n) is 6.04. The Balaban J connectivity index is 2.51. The van der Waals surface area contributed by atoms with Gasteiger partial charge in [0.25, 0.3) is 0 Å². The van der Waals surface area contributed by atoms with Gasteiger partial charge in [-0.1, -0.05) is 6.07 Å². The van der Waals surface area contributed by atoms with Gasteiger partial charge in [0.1, 0.15) is 17.7 Å². The average Bonchev–Trinajstić information content (AvgIpc) is 2.38. The number of halogens is 2. The van der Waals surface area contributed by atoms with Crippen LogP contribution in [-0.2, 0) is 14.8 Å². The Labute approximate surface area is 114 Å². The highest BCUT2D eigenvalue weighted by molar-refractivity contribution is 7.89. The minimum atomic E-state index is -4.52. The number of aliphatic carboxylic acids is 1. The van der Waals surface area contributed by atoms with E-state index in [-0.39, 0.29) is 13.0 Å². The maximum atomic E-state index is 13.6. The standard InChI is InChI=1S/C12H13F2NO4S/c13-8-4-3-5-9(14)11(8)20(18,19)15-7-2-1-6-10(15)12(16)17/h3-5,10H,1-2,6-7H2,(H,16,17)/t10-/m0/s1. The van der Waals surface area contributed by atoms with E-state index in [9.17, 15) is 22.0 Å². The van der Waals surface area contributed by atoms with E-state index in [1.807, 2.05) is 0 Å². The smallest absolute Gasteiger partial charge is 0.322 e. The molecule has 20 heavy (non-hydrogen) atoms. The van der Waals surface area contributed by atoms with Gasteiger partial charge in [0, 0.05) is 6.54 Å². The molecule has 1 aliphatic rings. The largest absolute Gasteiger partial charge is 0.480 e. The summed E-state index contributed by atoms with van der Waals surface area (Å²) in [5.41, 5.74) is 0. The lowest BCUT2D eigenvalue weighted by atomic mass is 10.1. The highest BCUT2D eigenvalue weighted by Gasteiger charge is 2.40. The molecule has 0 unspecified atom stereocenters. The van der Waals surface area contributed by atoms with Crippen LogP contribution in [0.25, 0.3) is 0 Å². The molecule has 2 rings (SSSR count). The van der Waals surface area contributed by atoms with Crippen LogP contribution in [0.5, 0.6) is 0 Å². The number of hydrogen-bond donors (Lipinski definition) is 1. The third-order valence-electron chi connectivity index (χ3n) is 3.22. The van der Waals surface area contributed by atoms with Crippen LogP contribution >= 0.6 is 0 Å². The van der Waals surface area contributed by atoms with Crippen molar-refractivity contribution in [3.8, 4) is 0 Å². The molecule has 1 heterocycles. The number of sulfonamides is 1. The number of benzene rings is 1. The molecule has 1 aliphatic heterocycles. The average molecular weight is 305 g/mol. The van der Waals surface area contributed by atoms with Crippen molar-refractivity contribution < 1.29 is 27.1 Å². The van der Waals surface area contributed by atoms with Crippen molar-refractivity contribution in [3.05, 3.63) is 29.8 Å². The van der Waals surface area contributed by atoms with Crippen LogP contribution in [0.3, 0.4) is 0 Å². The van der Waals surface area contributed by atoms with E-state index in [0.29, 0.717) is 17.1 Å². The van der Waals surface area contributed by atoms with Crippen LogP contribution in [0, 0.1) is 11.6 Å². The molecule has 8 heteroatoms. The van der Waals surface area contributed by atoms with E-state index < -0.39 is 38.6 Å². The number of carboxylic acid groups (broad SMARTS) is 1. The number of rotatable bonds is 3. The van der Waals surface area contributed by atoms with Crippen LogP contribution in [0.2, 0.25) is 0 Å². The fourth-order valence-electron chi connectivity index (χ4n) is 2.29. The molecule has 1 fully saturated rings. The number of carboxylic acids is 1. The fraction of sp³-hybridized carbons (Fsp3) is 0.417. The molecule has 0 saturated carbocycles. The van der Waals surface area contributed by atoms with E-state index in [4.69, 9.17) is 5.11 Å². The Morgan fingerprint density at radius 2 is 1.85 bits per heavy atom. The lowest BCUT2D eigenvalue weighted by Crippen LogP contribution is -2.48. The second kappa shape index (κ2) is 5.45. The lowest BCUT2D eigenvalue weighted by Gasteiger charge is -2.31. The second-order valence-electron chi connectivity index (χ2n) is 4.52. The Hall–Kier alpha value is -1.54. The van der Waals surface area contributed by atoms with Crippen LogP contribution in [0.1, 0.15) is 19.3 Å². The van der Waals surface area contributed by atoms with Crippen molar-refractivity contribution in [2.24, 2.45) is 0 Å². The van der Waals surface area contributed by atoms with E-state index in [0.717, 1.165) is 18.2 Å². The molecule has 1 aromatic carbocycles. The zero-order chi connectivity index (χ0) is 14.9. The SMILES string of the molecule is O=C(O)[C@@H]1CCCCN1S(=O)(=O)c1c(F)cccc1F. The van der Waals surface area contributed by atoms with Gasteiger partial charge in [-0.3, -0.25) is 4.79 Å². The Morgan fingerprint density at radius 3 is 2.40 bits per heavy atom. The van der Waals surface area contributed by atoms with Gasteiger partial charge in [-0.2, -0.15) is 4.31 Å². The maximum absolute atomic E-state index is 13.6. The molecular formula is C12H13F2NO4S. The predicted octanol–water partition coefficient (Wildman–Crippen LogP) is 1.59. The summed E-state index contributed by atoms with van der Waals surface area (Å²) in [5, 5.41) is 9.06. The van der Waals surface area contributed by atoms with Crippen molar-refractivity contribution >= 4 is 16.0 Å². The first-order chi connectivity index (χ1) is 9.35. The molecule has 1 N–H and O–H groups in total. The topological polar surface area (TPSA) is 74.7 Å². The normalized spacial score (nSPS) is 20.8. The van der Waals surface area contributed by atoms with Crippen LogP contribution in [0.15, 0.2) is 23.1 Å². The Morgan fingerprint density at radius 1 is 1.25 bits per heavy atom. The molecular weight excluding hydrogens is 292 g/mol. The minimum absolute atomic E-state index is 0.0624. The van der Waals surface area contributed by atoms with Crippen molar-refractivity contribution in [2.75, 3.05) is 6.54 Å². The molecule has 1 atom stereocenters. The van der Waals surface area contributed by atoms with Crippen molar-refractivity contribution in [1.82, 2.24) is 4.31 Å². The molecule has 0 aromatic heterocycles. The van der Waals surface area contributed by atoms with Gasteiger partial charge in [-0.15, -0.1) is 0 Å². The number of hydrogen-bond acceptors (Lipinski definition) is 3. The van der Waals surface area contributed by atoms with Crippen molar-refractivity contribution in [3.63, 3.8) is 0 Å². The molecule has 0 aliphatic carbocycles. The molecule has 5 nitrogen and oxygen atoms in total. The molecule has 1 saturated heterocycles. The molecule has 110 valence electrons. The molecule has 1 aromatic rings. The summed E-state index contributed by atoms with van der Waals surface area (Å²) >= 11 is 0. The van der Waals surface area contributed by atoms with Crippen molar-refractivity contribution in [1.29, 1.82) is 0 Å². The predicted molar refractivity (Wildman–Crippen MR) is 65.5 cm³/mol. The van der Waals surface area contributed by atoms with E-state index in [1.54, 1.807) is 0 Å². The summed E-state index contributed by atoms with van der Waals surface area (Å²) < 4.78 is 52.6. The summed E-state index contributed by atoms with van der Waals surface area (Å²) in [6, 6.07) is 1.42. The lowest BCUT2D eigenvalue weighted by molar-refractivity contribution is -0.142. The van der Waals surface area contributed by atoms with Gasteiger partial charge in [0.2, 0.25) is 10.0 Å². The molecule has 0 spiro atoms. The summed E-state index contributed by atoms with van der Waals surface area (Å²) in [6.45, 7) is -0.0624. The summed E-state index contributed by atoms with van der Waals surface area (Å²) in [5.74, 6) is -3.76. The quantitative estimate of drug-likeness (QED) is 0.920. The van der Waals surface area contributed by atoms with Crippen LogP contribution < -0.4 is 0 Å². The second-order valence-corrected chi connectivity index (χ2v) is 6.34. The first-order valence-corrected chi connectivity index (χ1v) is 7.48. The van der Waals surface area contributed by atoms with Crippen molar-refractivity contribution in [2.45, 2.75) is 30.2 Å².